The largest absolute Gasteiger partial charge is 0.452 e. The summed E-state index contributed by atoms with van der Waals surface area (Å²) in [4.78, 5) is 38.5. The van der Waals surface area contributed by atoms with Crippen LogP contribution in [0, 0.1) is 0 Å². The highest BCUT2D eigenvalue weighted by Gasteiger charge is 2.15. The van der Waals surface area contributed by atoms with Gasteiger partial charge in [0.05, 0.1) is 5.56 Å². The molecule has 7 heteroatoms. The first-order valence-electron chi connectivity index (χ1n) is 7.98. The lowest BCUT2D eigenvalue weighted by molar-refractivity contribution is -0.123. The Balaban J connectivity index is 1.46. The number of fused-ring (bicyclic) bond motifs is 1. The Bertz CT molecular complexity index is 934. The van der Waals surface area contributed by atoms with E-state index < -0.39 is 24.5 Å². The Labute approximate surface area is 149 Å². The average molecular weight is 351 g/mol. The third-order valence-corrected chi connectivity index (χ3v) is 3.69. The van der Waals surface area contributed by atoms with Crippen molar-refractivity contribution in [3.8, 4) is 0 Å². The molecule has 0 saturated heterocycles. The van der Waals surface area contributed by atoms with Gasteiger partial charge < -0.3 is 15.0 Å². The van der Waals surface area contributed by atoms with E-state index in [0.717, 1.165) is 11.1 Å². The predicted octanol–water partition coefficient (Wildman–Crippen LogP) is 2.35. The minimum absolute atomic E-state index is 0.287. The highest BCUT2D eigenvalue weighted by atomic mass is 16.5. The lowest BCUT2D eigenvalue weighted by Crippen LogP contribution is -2.41. The van der Waals surface area contributed by atoms with Crippen molar-refractivity contribution in [1.82, 2.24) is 15.6 Å². The monoisotopic (exact) mass is 351 g/mol. The molecule has 0 atom stereocenters. The maximum Gasteiger partial charge on any atom is 0.340 e. The number of imide groups is 1. The molecule has 0 aliphatic heterocycles. The van der Waals surface area contributed by atoms with Gasteiger partial charge in [0.2, 0.25) is 0 Å². The Morgan fingerprint density at radius 2 is 1.69 bits per heavy atom. The summed E-state index contributed by atoms with van der Waals surface area (Å²) < 4.78 is 4.97. The number of ether oxygens (including phenoxy) is 1. The molecule has 7 nitrogen and oxygen atoms in total. The van der Waals surface area contributed by atoms with E-state index in [-0.39, 0.29) is 6.54 Å². The number of para-hydroxylation sites is 1. The molecular formula is C19H17N3O4. The molecule has 2 aromatic carbocycles. The van der Waals surface area contributed by atoms with Gasteiger partial charge in [0.15, 0.2) is 6.61 Å². The van der Waals surface area contributed by atoms with Gasteiger partial charge in [0.25, 0.3) is 5.91 Å². The summed E-state index contributed by atoms with van der Waals surface area (Å²) in [6, 6.07) is 15.9. The summed E-state index contributed by atoms with van der Waals surface area (Å²) in [5.74, 6) is -1.34. The van der Waals surface area contributed by atoms with Crippen LogP contribution in [0.15, 0.2) is 60.8 Å². The van der Waals surface area contributed by atoms with Crippen molar-refractivity contribution in [2.24, 2.45) is 0 Å². The number of benzene rings is 2. The quantitative estimate of drug-likeness (QED) is 0.614. The number of esters is 1. The fourth-order valence-corrected chi connectivity index (χ4v) is 2.43. The number of H-pyrrole nitrogens is 1. The minimum atomic E-state index is -0.705. The fraction of sp³-hybridized carbons (Fsp3) is 0.105. The molecule has 3 N–H and O–H groups in total. The van der Waals surface area contributed by atoms with Gasteiger partial charge in [-0.1, -0.05) is 48.5 Å². The molecule has 132 valence electrons. The lowest BCUT2D eigenvalue weighted by Gasteiger charge is -2.07. The highest BCUT2D eigenvalue weighted by Crippen LogP contribution is 2.18. The van der Waals surface area contributed by atoms with Crippen molar-refractivity contribution in [1.29, 1.82) is 0 Å². The number of urea groups is 1. The third-order valence-electron chi connectivity index (χ3n) is 3.69. The zero-order chi connectivity index (χ0) is 18.4. The van der Waals surface area contributed by atoms with E-state index in [2.05, 4.69) is 15.6 Å². The molecule has 3 aromatic rings. The maximum atomic E-state index is 12.1. The van der Waals surface area contributed by atoms with Crippen LogP contribution in [0.25, 0.3) is 10.9 Å². The minimum Gasteiger partial charge on any atom is -0.452 e. The number of nitrogens with one attached hydrogen (secondary N) is 3. The van der Waals surface area contributed by atoms with E-state index in [1.165, 1.54) is 6.20 Å². The number of carbonyl (C=O) groups is 3. The zero-order valence-electron chi connectivity index (χ0n) is 13.8. The van der Waals surface area contributed by atoms with Crippen LogP contribution in [-0.2, 0) is 16.1 Å². The normalized spacial score (nSPS) is 10.3. The summed E-state index contributed by atoms with van der Waals surface area (Å²) in [6.07, 6.45) is 1.53. The molecule has 0 bridgehead atoms. The van der Waals surface area contributed by atoms with E-state index in [4.69, 9.17) is 4.74 Å². The van der Waals surface area contributed by atoms with Crippen molar-refractivity contribution in [2.75, 3.05) is 6.61 Å². The fourth-order valence-electron chi connectivity index (χ4n) is 2.43. The highest BCUT2D eigenvalue weighted by molar-refractivity contribution is 6.05. The maximum absolute atomic E-state index is 12.1. The van der Waals surface area contributed by atoms with Gasteiger partial charge in [-0.25, -0.2) is 9.59 Å². The molecule has 0 saturated carbocycles. The van der Waals surface area contributed by atoms with Crippen molar-refractivity contribution < 1.29 is 19.1 Å². The summed E-state index contributed by atoms with van der Waals surface area (Å²) in [5, 5.41) is 5.37. The SMILES string of the molecule is O=C(COC(=O)c1c[nH]c2ccccc12)NC(=O)NCc1ccccc1. The van der Waals surface area contributed by atoms with Crippen LogP contribution in [0.3, 0.4) is 0 Å². The second kappa shape index (κ2) is 7.98. The van der Waals surface area contributed by atoms with Crippen LogP contribution in [0.4, 0.5) is 4.79 Å². The molecule has 1 heterocycles. The zero-order valence-corrected chi connectivity index (χ0v) is 13.8. The molecular weight excluding hydrogens is 334 g/mol. The summed E-state index contributed by atoms with van der Waals surface area (Å²) >= 11 is 0. The van der Waals surface area contributed by atoms with Crippen molar-refractivity contribution in [2.45, 2.75) is 6.54 Å². The lowest BCUT2D eigenvalue weighted by atomic mass is 10.2. The second-order valence-electron chi connectivity index (χ2n) is 5.54. The van der Waals surface area contributed by atoms with Crippen LogP contribution < -0.4 is 10.6 Å². The standard InChI is InChI=1S/C19H17N3O4/c23-17(22-19(25)21-10-13-6-2-1-3-7-13)12-26-18(24)15-11-20-16-9-5-4-8-14(15)16/h1-9,11,20H,10,12H2,(H2,21,22,23,25). The number of aromatic amines is 1. The molecule has 0 fully saturated rings. The first kappa shape index (κ1) is 17.2. The first-order chi connectivity index (χ1) is 12.6. The topological polar surface area (TPSA) is 100 Å². The molecule has 3 amide bonds. The molecule has 3 rings (SSSR count). The number of aromatic nitrogens is 1. The third kappa shape index (κ3) is 4.27. The second-order valence-corrected chi connectivity index (χ2v) is 5.54. The Morgan fingerprint density at radius 1 is 0.962 bits per heavy atom. The summed E-state index contributed by atoms with van der Waals surface area (Å²) in [5.41, 5.74) is 2.03. The molecule has 0 aliphatic carbocycles. The number of carbonyl (C=O) groups excluding carboxylic acids is 3. The molecule has 0 spiro atoms. The van der Waals surface area contributed by atoms with Crippen molar-refractivity contribution in [3.63, 3.8) is 0 Å². The molecule has 0 unspecified atom stereocenters. The van der Waals surface area contributed by atoms with Crippen LogP contribution in [-0.4, -0.2) is 29.5 Å². The van der Waals surface area contributed by atoms with Gasteiger partial charge in [-0.15, -0.1) is 0 Å². The van der Waals surface area contributed by atoms with Crippen molar-refractivity contribution in [3.05, 3.63) is 71.9 Å². The first-order valence-corrected chi connectivity index (χ1v) is 7.98. The molecule has 26 heavy (non-hydrogen) atoms. The van der Waals surface area contributed by atoms with Gasteiger partial charge in [-0.3, -0.25) is 10.1 Å². The van der Waals surface area contributed by atoms with Gasteiger partial charge in [0.1, 0.15) is 0 Å². The Hall–Kier alpha value is -3.61. The number of amides is 3. The number of hydrogen-bond acceptors (Lipinski definition) is 4. The summed E-state index contributed by atoms with van der Waals surface area (Å²) in [7, 11) is 0. The van der Waals surface area contributed by atoms with Crippen molar-refractivity contribution >= 4 is 28.8 Å². The molecule has 0 radical (unpaired) electrons. The predicted molar refractivity (Wildman–Crippen MR) is 95.4 cm³/mol. The molecule has 0 aliphatic rings. The van der Waals surface area contributed by atoms with E-state index >= 15 is 0 Å². The number of rotatable bonds is 5. The Morgan fingerprint density at radius 3 is 2.50 bits per heavy atom. The van der Waals surface area contributed by atoms with Gasteiger partial charge >= 0.3 is 12.0 Å². The van der Waals surface area contributed by atoms with Gasteiger partial charge in [-0.05, 0) is 11.6 Å². The molecule has 1 aromatic heterocycles. The van der Waals surface area contributed by atoms with Crippen LogP contribution in [0.1, 0.15) is 15.9 Å². The average Bonchev–Trinajstić information content (AvgIpc) is 3.09. The van der Waals surface area contributed by atoms with Gasteiger partial charge in [0, 0.05) is 23.6 Å². The number of hydrogen-bond donors (Lipinski definition) is 3. The Kier molecular flexibility index (Phi) is 5.28. The van der Waals surface area contributed by atoms with Crippen LogP contribution in [0.5, 0.6) is 0 Å². The smallest absolute Gasteiger partial charge is 0.340 e. The van der Waals surface area contributed by atoms with E-state index in [1.54, 1.807) is 12.1 Å². The summed E-state index contributed by atoms with van der Waals surface area (Å²) in [6.45, 7) is -0.258. The van der Waals surface area contributed by atoms with Gasteiger partial charge in [-0.2, -0.15) is 0 Å². The van der Waals surface area contributed by atoms with E-state index in [1.807, 2.05) is 42.5 Å². The van der Waals surface area contributed by atoms with E-state index in [9.17, 15) is 14.4 Å². The van der Waals surface area contributed by atoms with Crippen LogP contribution >= 0.6 is 0 Å². The van der Waals surface area contributed by atoms with Crippen LogP contribution in [0.2, 0.25) is 0 Å². The van der Waals surface area contributed by atoms with E-state index in [0.29, 0.717) is 10.9 Å².